The molecular weight excluding hydrogens is 270 g/mol. The highest BCUT2D eigenvalue weighted by Gasteiger charge is 2.30. The molecule has 0 amide bonds. The SMILES string of the molecule is CN(C1CCCC1)S(=O)(=O)c1cnn(CC(=O)O)c1. The van der Waals surface area contributed by atoms with E-state index >= 15 is 0 Å². The molecule has 0 unspecified atom stereocenters. The Morgan fingerprint density at radius 3 is 2.74 bits per heavy atom. The van der Waals surface area contributed by atoms with E-state index in [1.807, 2.05) is 0 Å². The minimum absolute atomic E-state index is 0.0350. The summed E-state index contributed by atoms with van der Waals surface area (Å²) in [4.78, 5) is 10.6. The lowest BCUT2D eigenvalue weighted by atomic mass is 10.3. The molecule has 1 fully saturated rings. The van der Waals surface area contributed by atoms with Crippen LogP contribution >= 0.6 is 0 Å². The first-order valence-corrected chi connectivity index (χ1v) is 7.57. The smallest absolute Gasteiger partial charge is 0.325 e. The van der Waals surface area contributed by atoms with Crippen molar-refractivity contribution in [2.24, 2.45) is 0 Å². The highest BCUT2D eigenvalue weighted by atomic mass is 32.2. The summed E-state index contributed by atoms with van der Waals surface area (Å²) in [6.45, 7) is -0.345. The molecule has 1 N–H and O–H groups in total. The van der Waals surface area contributed by atoms with Crippen molar-refractivity contribution in [3.05, 3.63) is 12.4 Å². The zero-order valence-corrected chi connectivity index (χ0v) is 11.5. The Balaban J connectivity index is 2.18. The van der Waals surface area contributed by atoms with Gasteiger partial charge in [0.15, 0.2) is 0 Å². The average molecular weight is 287 g/mol. The van der Waals surface area contributed by atoms with Gasteiger partial charge in [-0.3, -0.25) is 9.48 Å². The lowest BCUT2D eigenvalue weighted by Crippen LogP contribution is -2.35. The topological polar surface area (TPSA) is 92.5 Å². The van der Waals surface area contributed by atoms with E-state index in [9.17, 15) is 13.2 Å². The number of carbonyl (C=O) groups is 1. The maximum Gasteiger partial charge on any atom is 0.325 e. The number of carboxylic acids is 1. The summed E-state index contributed by atoms with van der Waals surface area (Å²) in [5, 5.41) is 12.4. The molecule has 0 radical (unpaired) electrons. The summed E-state index contributed by atoms with van der Waals surface area (Å²) in [5.74, 6) is -1.06. The molecule has 0 aliphatic heterocycles. The molecular formula is C11H17N3O4S. The molecule has 1 aliphatic rings. The van der Waals surface area contributed by atoms with Crippen molar-refractivity contribution in [1.82, 2.24) is 14.1 Å². The molecule has 0 aromatic carbocycles. The molecule has 1 aliphatic carbocycles. The fourth-order valence-corrected chi connectivity index (χ4v) is 3.70. The van der Waals surface area contributed by atoms with Gasteiger partial charge in [0.05, 0.1) is 6.20 Å². The third-order valence-electron chi connectivity index (χ3n) is 3.42. The number of nitrogens with zero attached hydrogens (tertiary/aromatic N) is 3. The number of hydrogen-bond donors (Lipinski definition) is 1. The van der Waals surface area contributed by atoms with Crippen molar-refractivity contribution in [2.45, 2.75) is 43.2 Å². The van der Waals surface area contributed by atoms with Crippen molar-refractivity contribution in [1.29, 1.82) is 0 Å². The van der Waals surface area contributed by atoms with Gasteiger partial charge in [-0.05, 0) is 12.8 Å². The summed E-state index contributed by atoms with van der Waals surface area (Å²) in [6.07, 6.45) is 6.29. The van der Waals surface area contributed by atoms with Gasteiger partial charge in [-0.15, -0.1) is 0 Å². The zero-order chi connectivity index (χ0) is 14.0. The summed E-state index contributed by atoms with van der Waals surface area (Å²) in [6, 6.07) is 0.0350. The first-order valence-electron chi connectivity index (χ1n) is 6.13. The van der Waals surface area contributed by atoms with Crippen LogP contribution in [0, 0.1) is 0 Å². The molecule has 2 rings (SSSR count). The Kier molecular flexibility index (Phi) is 3.91. The number of carboxylic acid groups (broad SMARTS) is 1. The molecule has 0 saturated heterocycles. The van der Waals surface area contributed by atoms with Crippen LogP contribution < -0.4 is 0 Å². The molecule has 1 saturated carbocycles. The molecule has 19 heavy (non-hydrogen) atoms. The monoisotopic (exact) mass is 287 g/mol. The van der Waals surface area contributed by atoms with Crippen LogP contribution in [-0.4, -0.2) is 46.7 Å². The molecule has 0 atom stereocenters. The normalized spacial score (nSPS) is 17.2. The zero-order valence-electron chi connectivity index (χ0n) is 10.7. The number of sulfonamides is 1. The number of rotatable bonds is 5. The van der Waals surface area contributed by atoms with Crippen LogP contribution in [-0.2, 0) is 21.4 Å². The Labute approximate surface area is 111 Å². The van der Waals surface area contributed by atoms with Crippen LogP contribution in [0.2, 0.25) is 0 Å². The highest BCUT2D eigenvalue weighted by Crippen LogP contribution is 2.26. The number of hydrogen-bond acceptors (Lipinski definition) is 4. The van der Waals surface area contributed by atoms with E-state index in [0.717, 1.165) is 30.4 Å². The standard InChI is InChI=1S/C11H17N3O4S/c1-13(9-4-2-3-5-9)19(17,18)10-6-12-14(7-10)8-11(15)16/h6-7,9H,2-5,8H2,1H3,(H,15,16). The Bertz CT molecular complexity index is 560. The second kappa shape index (κ2) is 5.30. The lowest BCUT2D eigenvalue weighted by Gasteiger charge is -2.22. The largest absolute Gasteiger partial charge is 0.480 e. The van der Waals surface area contributed by atoms with Crippen LogP contribution in [0.25, 0.3) is 0 Å². The van der Waals surface area contributed by atoms with Crippen LogP contribution in [0.4, 0.5) is 0 Å². The summed E-state index contributed by atoms with van der Waals surface area (Å²) >= 11 is 0. The fraction of sp³-hybridized carbons (Fsp3) is 0.636. The van der Waals surface area contributed by atoms with E-state index in [-0.39, 0.29) is 17.5 Å². The Morgan fingerprint density at radius 2 is 2.16 bits per heavy atom. The van der Waals surface area contributed by atoms with E-state index in [4.69, 9.17) is 5.11 Å². The second-order valence-electron chi connectivity index (χ2n) is 4.73. The molecule has 1 aromatic rings. The Morgan fingerprint density at radius 1 is 1.53 bits per heavy atom. The van der Waals surface area contributed by atoms with Gasteiger partial charge >= 0.3 is 5.97 Å². The van der Waals surface area contributed by atoms with Gasteiger partial charge < -0.3 is 5.11 Å². The molecule has 106 valence electrons. The van der Waals surface area contributed by atoms with Crippen LogP contribution in [0.1, 0.15) is 25.7 Å². The van der Waals surface area contributed by atoms with Gasteiger partial charge in [0.25, 0.3) is 0 Å². The quantitative estimate of drug-likeness (QED) is 0.852. The minimum atomic E-state index is -3.58. The summed E-state index contributed by atoms with van der Waals surface area (Å²) < 4.78 is 27.2. The molecule has 1 aromatic heterocycles. The molecule has 1 heterocycles. The van der Waals surface area contributed by atoms with Crippen molar-refractivity contribution < 1.29 is 18.3 Å². The first kappa shape index (κ1) is 14.0. The van der Waals surface area contributed by atoms with Gasteiger partial charge in [-0.1, -0.05) is 12.8 Å². The second-order valence-corrected chi connectivity index (χ2v) is 6.72. The Hall–Kier alpha value is -1.41. The van der Waals surface area contributed by atoms with Gasteiger partial charge in [0, 0.05) is 19.3 Å². The fourth-order valence-electron chi connectivity index (χ4n) is 2.33. The molecule has 8 heteroatoms. The third-order valence-corrected chi connectivity index (χ3v) is 5.29. The molecule has 7 nitrogen and oxygen atoms in total. The maximum atomic E-state index is 12.3. The average Bonchev–Trinajstić information content (AvgIpc) is 2.96. The summed E-state index contributed by atoms with van der Waals surface area (Å²) in [7, 11) is -2.01. The van der Waals surface area contributed by atoms with Gasteiger partial charge in [0.1, 0.15) is 11.4 Å². The van der Waals surface area contributed by atoms with E-state index in [1.165, 1.54) is 16.7 Å². The lowest BCUT2D eigenvalue weighted by molar-refractivity contribution is -0.137. The van der Waals surface area contributed by atoms with Crippen LogP contribution in [0.15, 0.2) is 17.3 Å². The van der Waals surface area contributed by atoms with E-state index in [2.05, 4.69) is 5.10 Å². The van der Waals surface area contributed by atoms with Crippen molar-refractivity contribution >= 4 is 16.0 Å². The van der Waals surface area contributed by atoms with Gasteiger partial charge in [0.2, 0.25) is 10.0 Å². The summed E-state index contributed by atoms with van der Waals surface area (Å²) in [5.41, 5.74) is 0. The van der Waals surface area contributed by atoms with Gasteiger partial charge in [-0.25, -0.2) is 8.42 Å². The third kappa shape index (κ3) is 2.95. The van der Waals surface area contributed by atoms with Crippen molar-refractivity contribution in [3.8, 4) is 0 Å². The van der Waals surface area contributed by atoms with Crippen molar-refractivity contribution in [3.63, 3.8) is 0 Å². The van der Waals surface area contributed by atoms with Crippen LogP contribution in [0.3, 0.4) is 0 Å². The molecule has 0 spiro atoms. The van der Waals surface area contributed by atoms with Crippen LogP contribution in [0.5, 0.6) is 0 Å². The van der Waals surface area contributed by atoms with Crippen molar-refractivity contribution in [2.75, 3.05) is 7.05 Å². The number of aliphatic carboxylic acids is 1. The number of aromatic nitrogens is 2. The highest BCUT2D eigenvalue weighted by molar-refractivity contribution is 7.89. The predicted molar refractivity (Wildman–Crippen MR) is 67.1 cm³/mol. The predicted octanol–water partition coefficient (Wildman–Crippen LogP) is 0.531. The maximum absolute atomic E-state index is 12.3. The van der Waals surface area contributed by atoms with E-state index in [0.29, 0.717) is 0 Å². The van der Waals surface area contributed by atoms with E-state index < -0.39 is 16.0 Å². The minimum Gasteiger partial charge on any atom is -0.480 e. The molecule has 0 bridgehead atoms. The first-order chi connectivity index (χ1) is 8.91. The van der Waals surface area contributed by atoms with Gasteiger partial charge in [-0.2, -0.15) is 9.40 Å². The van der Waals surface area contributed by atoms with E-state index in [1.54, 1.807) is 7.05 Å².